The van der Waals surface area contributed by atoms with Crippen LogP contribution in [0, 0.1) is 0 Å². The Morgan fingerprint density at radius 1 is 1.05 bits per heavy atom. The Balaban J connectivity index is 2.06. The van der Waals surface area contributed by atoms with Gasteiger partial charge in [-0.15, -0.1) is 0 Å². The first kappa shape index (κ1) is 14.0. The summed E-state index contributed by atoms with van der Waals surface area (Å²) in [5, 5.41) is 5.16. The lowest BCUT2D eigenvalue weighted by molar-refractivity contribution is 0.102. The van der Waals surface area contributed by atoms with Gasteiger partial charge in [0.05, 0.1) is 5.56 Å². The maximum absolute atomic E-state index is 12.0. The first-order chi connectivity index (χ1) is 9.54. The van der Waals surface area contributed by atoms with Gasteiger partial charge in [0.25, 0.3) is 5.91 Å². The molecule has 3 amide bonds. The molecule has 0 atom stereocenters. The minimum atomic E-state index is -0.637. The summed E-state index contributed by atoms with van der Waals surface area (Å²) in [7, 11) is 0. The molecule has 0 saturated heterocycles. The number of nitrogens with two attached hydrogens (primary N) is 1. The van der Waals surface area contributed by atoms with Gasteiger partial charge in [-0.3, -0.25) is 9.78 Å². The molecule has 1 heterocycles. The molecule has 6 nitrogen and oxygen atoms in total. The fourth-order valence-electron chi connectivity index (χ4n) is 1.52. The van der Waals surface area contributed by atoms with Crippen LogP contribution in [-0.4, -0.2) is 16.9 Å². The molecule has 1 aromatic heterocycles. The number of carbonyl (C=O) groups is 2. The number of aromatic nitrogens is 1. The summed E-state index contributed by atoms with van der Waals surface area (Å²) in [6, 6.07) is 7.63. The van der Waals surface area contributed by atoms with E-state index in [1.54, 1.807) is 36.5 Å². The molecular weight excluding hydrogens is 324 g/mol. The van der Waals surface area contributed by atoms with Crippen molar-refractivity contribution in [3.63, 3.8) is 0 Å². The quantitative estimate of drug-likeness (QED) is 0.804. The van der Waals surface area contributed by atoms with Crippen LogP contribution in [-0.2, 0) is 0 Å². The van der Waals surface area contributed by atoms with Gasteiger partial charge < -0.3 is 16.4 Å². The van der Waals surface area contributed by atoms with Crippen LogP contribution >= 0.6 is 15.9 Å². The van der Waals surface area contributed by atoms with Crippen molar-refractivity contribution < 1.29 is 9.59 Å². The fraction of sp³-hybridized carbons (Fsp3) is 0. The van der Waals surface area contributed by atoms with Gasteiger partial charge in [-0.2, -0.15) is 0 Å². The number of hydrogen-bond donors (Lipinski definition) is 3. The van der Waals surface area contributed by atoms with Crippen LogP contribution in [0.2, 0.25) is 0 Å². The zero-order valence-corrected chi connectivity index (χ0v) is 11.8. The first-order valence-electron chi connectivity index (χ1n) is 5.63. The van der Waals surface area contributed by atoms with Gasteiger partial charge >= 0.3 is 6.03 Å². The van der Waals surface area contributed by atoms with Crippen LogP contribution in [0.4, 0.5) is 16.2 Å². The van der Waals surface area contributed by atoms with Crippen LogP contribution < -0.4 is 16.4 Å². The van der Waals surface area contributed by atoms with E-state index in [1.807, 2.05) is 0 Å². The Morgan fingerprint density at radius 2 is 1.65 bits per heavy atom. The van der Waals surface area contributed by atoms with Crippen LogP contribution in [0.3, 0.4) is 0 Å². The molecule has 0 aliphatic rings. The summed E-state index contributed by atoms with van der Waals surface area (Å²) in [6.45, 7) is 0. The molecule has 0 fully saturated rings. The molecule has 0 spiro atoms. The molecular formula is C13H11BrN4O2. The minimum Gasteiger partial charge on any atom is -0.351 e. The largest absolute Gasteiger partial charge is 0.351 e. The van der Waals surface area contributed by atoms with E-state index in [0.717, 1.165) is 4.47 Å². The Hall–Kier alpha value is -2.41. The highest BCUT2D eigenvalue weighted by molar-refractivity contribution is 9.10. The van der Waals surface area contributed by atoms with Gasteiger partial charge in [-0.1, -0.05) is 0 Å². The zero-order chi connectivity index (χ0) is 14.5. The maximum Gasteiger partial charge on any atom is 0.316 e. The second-order valence-corrected chi connectivity index (χ2v) is 4.83. The Kier molecular flexibility index (Phi) is 4.31. The van der Waals surface area contributed by atoms with Crippen LogP contribution in [0.5, 0.6) is 0 Å². The molecule has 0 saturated carbocycles. The highest BCUT2D eigenvalue weighted by atomic mass is 79.9. The monoisotopic (exact) mass is 334 g/mol. The molecule has 102 valence electrons. The van der Waals surface area contributed by atoms with Crippen LogP contribution in [0.1, 0.15) is 10.4 Å². The van der Waals surface area contributed by atoms with Crippen LogP contribution in [0.15, 0.2) is 47.2 Å². The lowest BCUT2D eigenvalue weighted by atomic mass is 10.2. The lowest BCUT2D eigenvalue weighted by Crippen LogP contribution is -2.19. The fourth-order valence-corrected chi connectivity index (χ4v) is 1.88. The maximum atomic E-state index is 12.0. The number of halogens is 1. The normalized spacial score (nSPS) is 9.85. The van der Waals surface area contributed by atoms with Gasteiger partial charge in [0, 0.05) is 28.2 Å². The first-order valence-corrected chi connectivity index (χ1v) is 6.42. The number of carbonyl (C=O) groups excluding carboxylic acids is 2. The number of primary amides is 1. The second kappa shape index (κ2) is 6.16. The van der Waals surface area contributed by atoms with Crippen molar-refractivity contribution in [3.8, 4) is 0 Å². The number of anilines is 2. The molecule has 7 heteroatoms. The van der Waals surface area contributed by atoms with Crippen molar-refractivity contribution in [2.24, 2.45) is 5.73 Å². The molecule has 4 N–H and O–H groups in total. The standard InChI is InChI=1S/C13H11BrN4O2/c14-9-5-8(6-16-7-9)12(19)17-10-1-3-11(4-2-10)18-13(15)20/h1-7H,(H,17,19)(H3,15,18,20). The molecule has 2 aromatic rings. The van der Waals surface area contributed by atoms with Crippen molar-refractivity contribution in [2.75, 3.05) is 10.6 Å². The summed E-state index contributed by atoms with van der Waals surface area (Å²) in [5.74, 6) is -0.269. The van der Waals surface area contributed by atoms with Gasteiger partial charge in [-0.25, -0.2) is 4.79 Å². The Labute approximate surface area is 123 Å². The number of nitrogens with one attached hydrogen (secondary N) is 2. The number of amides is 3. The van der Waals surface area contributed by atoms with E-state index in [9.17, 15) is 9.59 Å². The van der Waals surface area contributed by atoms with Gasteiger partial charge in [0.15, 0.2) is 0 Å². The molecule has 0 unspecified atom stereocenters. The van der Waals surface area contributed by atoms with Crippen molar-refractivity contribution in [1.82, 2.24) is 4.98 Å². The number of urea groups is 1. The number of benzene rings is 1. The molecule has 0 aliphatic heterocycles. The molecule has 2 rings (SSSR count). The number of pyridine rings is 1. The summed E-state index contributed by atoms with van der Waals surface area (Å²) >= 11 is 3.25. The van der Waals surface area contributed by atoms with E-state index in [2.05, 4.69) is 31.5 Å². The second-order valence-electron chi connectivity index (χ2n) is 3.91. The molecule has 0 radical (unpaired) electrons. The molecule has 20 heavy (non-hydrogen) atoms. The van der Waals surface area contributed by atoms with E-state index in [1.165, 1.54) is 6.20 Å². The van der Waals surface area contributed by atoms with E-state index in [4.69, 9.17) is 5.73 Å². The third-order valence-corrected chi connectivity index (χ3v) is 2.81. The lowest BCUT2D eigenvalue weighted by Gasteiger charge is -2.07. The Morgan fingerprint density at radius 3 is 2.20 bits per heavy atom. The van der Waals surface area contributed by atoms with E-state index < -0.39 is 6.03 Å². The van der Waals surface area contributed by atoms with Crippen molar-refractivity contribution in [1.29, 1.82) is 0 Å². The average molecular weight is 335 g/mol. The highest BCUT2D eigenvalue weighted by Gasteiger charge is 2.07. The van der Waals surface area contributed by atoms with E-state index in [-0.39, 0.29) is 5.91 Å². The smallest absolute Gasteiger partial charge is 0.316 e. The average Bonchev–Trinajstić information content (AvgIpc) is 2.40. The van der Waals surface area contributed by atoms with Crippen molar-refractivity contribution in [2.45, 2.75) is 0 Å². The summed E-state index contributed by atoms with van der Waals surface area (Å²) in [5.41, 5.74) is 6.60. The third kappa shape index (κ3) is 3.79. The summed E-state index contributed by atoms with van der Waals surface area (Å²) in [6.07, 6.45) is 3.07. The topological polar surface area (TPSA) is 97.1 Å². The summed E-state index contributed by atoms with van der Waals surface area (Å²) in [4.78, 5) is 26.6. The zero-order valence-electron chi connectivity index (χ0n) is 10.3. The SMILES string of the molecule is NC(=O)Nc1ccc(NC(=O)c2cncc(Br)c2)cc1. The molecule has 0 bridgehead atoms. The number of hydrogen-bond acceptors (Lipinski definition) is 3. The van der Waals surface area contributed by atoms with E-state index in [0.29, 0.717) is 16.9 Å². The highest BCUT2D eigenvalue weighted by Crippen LogP contribution is 2.15. The van der Waals surface area contributed by atoms with Gasteiger partial charge in [0.2, 0.25) is 0 Å². The van der Waals surface area contributed by atoms with Crippen LogP contribution in [0.25, 0.3) is 0 Å². The minimum absolute atomic E-state index is 0.269. The van der Waals surface area contributed by atoms with Crippen molar-refractivity contribution >= 4 is 39.2 Å². The third-order valence-electron chi connectivity index (χ3n) is 2.38. The number of nitrogens with zero attached hydrogens (tertiary/aromatic N) is 1. The van der Waals surface area contributed by atoms with E-state index >= 15 is 0 Å². The van der Waals surface area contributed by atoms with Gasteiger partial charge in [-0.05, 0) is 46.3 Å². The summed E-state index contributed by atoms with van der Waals surface area (Å²) < 4.78 is 0.728. The predicted molar refractivity (Wildman–Crippen MR) is 79.5 cm³/mol. The number of rotatable bonds is 3. The molecule has 0 aliphatic carbocycles. The van der Waals surface area contributed by atoms with Gasteiger partial charge in [0.1, 0.15) is 0 Å². The van der Waals surface area contributed by atoms with Crippen molar-refractivity contribution in [3.05, 3.63) is 52.8 Å². The molecule has 1 aromatic carbocycles. The Bertz CT molecular complexity index is 643. The predicted octanol–water partition coefficient (Wildman–Crippen LogP) is 2.59.